The Labute approximate surface area is 167 Å². The van der Waals surface area contributed by atoms with E-state index in [0.717, 1.165) is 18.2 Å². The van der Waals surface area contributed by atoms with E-state index in [1.54, 1.807) is 0 Å². The quantitative estimate of drug-likeness (QED) is 0.712. The number of sulfonamides is 1. The van der Waals surface area contributed by atoms with Crippen LogP contribution in [0.4, 0.5) is 13.2 Å². The molecule has 0 spiro atoms. The van der Waals surface area contributed by atoms with Crippen molar-refractivity contribution in [2.45, 2.75) is 43.8 Å². The van der Waals surface area contributed by atoms with Crippen LogP contribution < -0.4 is 10.0 Å². The van der Waals surface area contributed by atoms with E-state index in [1.807, 2.05) is 18.6 Å². The van der Waals surface area contributed by atoms with Gasteiger partial charge >= 0.3 is 6.18 Å². The summed E-state index contributed by atoms with van der Waals surface area (Å²) in [4.78, 5) is 25.2. The fourth-order valence-corrected chi connectivity index (χ4v) is 4.00. The summed E-state index contributed by atoms with van der Waals surface area (Å²) in [5.41, 5.74) is -1.09. The van der Waals surface area contributed by atoms with Crippen LogP contribution in [0.3, 0.4) is 0 Å². The first-order chi connectivity index (χ1) is 13.4. The molecule has 1 aromatic carbocycles. The highest BCUT2D eigenvalue weighted by Crippen LogP contribution is 2.30. The van der Waals surface area contributed by atoms with Crippen molar-refractivity contribution in [2.75, 3.05) is 19.6 Å². The van der Waals surface area contributed by atoms with Gasteiger partial charge in [-0.05, 0) is 44.9 Å². The minimum absolute atomic E-state index is 0.0208. The van der Waals surface area contributed by atoms with Crippen LogP contribution in [0.15, 0.2) is 29.2 Å². The molecule has 0 saturated carbocycles. The molecule has 1 aromatic rings. The third kappa shape index (κ3) is 6.43. The lowest BCUT2D eigenvalue weighted by Gasteiger charge is -2.31. The Balaban J connectivity index is 1.92. The maximum absolute atomic E-state index is 12.8. The van der Waals surface area contributed by atoms with E-state index in [2.05, 4.69) is 5.32 Å². The van der Waals surface area contributed by atoms with E-state index in [-0.39, 0.29) is 17.9 Å². The number of piperidine rings is 1. The van der Waals surface area contributed by atoms with Gasteiger partial charge in [0.1, 0.15) is 0 Å². The Morgan fingerprint density at radius 1 is 1.21 bits per heavy atom. The number of nitrogens with one attached hydrogen (secondary N) is 2. The highest BCUT2D eigenvalue weighted by atomic mass is 32.2. The zero-order valence-corrected chi connectivity index (χ0v) is 16.9. The number of likely N-dealkylation sites (tertiary alicyclic amines) is 1. The summed E-state index contributed by atoms with van der Waals surface area (Å²) in [7, 11) is -4.28. The first kappa shape index (κ1) is 23.1. The van der Waals surface area contributed by atoms with E-state index in [0.29, 0.717) is 32.0 Å². The van der Waals surface area contributed by atoms with Crippen molar-refractivity contribution in [3.8, 4) is 0 Å². The number of benzene rings is 1. The summed E-state index contributed by atoms with van der Waals surface area (Å²) in [6.07, 6.45) is -3.75. The van der Waals surface area contributed by atoms with E-state index >= 15 is 0 Å². The summed E-state index contributed by atoms with van der Waals surface area (Å²) in [6.45, 7) is 3.75. The second-order valence-corrected chi connectivity index (χ2v) is 8.94. The monoisotopic (exact) mass is 435 g/mol. The molecular formula is C18H24F3N3O4S. The van der Waals surface area contributed by atoms with E-state index in [9.17, 15) is 31.2 Å². The van der Waals surface area contributed by atoms with Crippen LogP contribution in [0.5, 0.6) is 0 Å². The third-order valence-corrected chi connectivity index (χ3v) is 5.93. The molecule has 0 bridgehead atoms. The van der Waals surface area contributed by atoms with Crippen molar-refractivity contribution >= 4 is 21.8 Å². The number of rotatable bonds is 6. The Hall–Kier alpha value is -2.14. The molecule has 1 aliphatic rings. The topological polar surface area (TPSA) is 95.6 Å². The number of carbonyl (C=O) groups excluding carboxylic acids is 2. The number of carbonyl (C=O) groups is 2. The van der Waals surface area contributed by atoms with Crippen LogP contribution in [-0.2, 0) is 25.8 Å². The molecule has 2 rings (SSSR count). The zero-order chi connectivity index (χ0) is 21.8. The van der Waals surface area contributed by atoms with Crippen molar-refractivity contribution in [3.05, 3.63) is 29.8 Å². The molecule has 1 heterocycles. The molecule has 29 heavy (non-hydrogen) atoms. The number of amides is 2. The van der Waals surface area contributed by atoms with Gasteiger partial charge in [-0.25, -0.2) is 13.1 Å². The van der Waals surface area contributed by atoms with Crippen molar-refractivity contribution in [1.29, 1.82) is 0 Å². The number of hydrogen-bond acceptors (Lipinski definition) is 4. The maximum Gasteiger partial charge on any atom is 0.416 e. The fraction of sp³-hybridized carbons (Fsp3) is 0.556. The lowest BCUT2D eigenvalue weighted by molar-refractivity contribution is -0.137. The molecule has 0 atom stereocenters. The van der Waals surface area contributed by atoms with Gasteiger partial charge in [-0.15, -0.1) is 0 Å². The minimum Gasteiger partial charge on any atom is -0.354 e. The maximum atomic E-state index is 12.8. The Kier molecular flexibility index (Phi) is 7.28. The van der Waals surface area contributed by atoms with Gasteiger partial charge in [-0.2, -0.15) is 13.2 Å². The Morgan fingerprint density at radius 3 is 2.38 bits per heavy atom. The zero-order valence-electron chi connectivity index (χ0n) is 16.1. The molecule has 11 heteroatoms. The van der Waals surface area contributed by atoms with Crippen molar-refractivity contribution < 1.29 is 31.2 Å². The van der Waals surface area contributed by atoms with Crippen LogP contribution >= 0.6 is 0 Å². The highest BCUT2D eigenvalue weighted by molar-refractivity contribution is 7.89. The fourth-order valence-electron chi connectivity index (χ4n) is 2.98. The van der Waals surface area contributed by atoms with Gasteiger partial charge in [0.15, 0.2) is 0 Å². The second-order valence-electron chi connectivity index (χ2n) is 7.17. The van der Waals surface area contributed by atoms with Crippen LogP contribution in [0.25, 0.3) is 0 Å². The van der Waals surface area contributed by atoms with Gasteiger partial charge < -0.3 is 10.2 Å². The molecule has 0 unspecified atom stereocenters. The standard InChI is InChI=1S/C18H24F3N3O4S/c1-12(2)23-17(26)13-6-8-24(9-7-13)16(25)11-22-29(27,28)15-5-3-4-14(10-15)18(19,20)21/h3-5,10,12-13,22H,6-9,11H2,1-2H3,(H,23,26). The molecule has 0 aromatic heterocycles. The average Bonchev–Trinajstić information content (AvgIpc) is 2.65. The summed E-state index contributed by atoms with van der Waals surface area (Å²) >= 11 is 0. The molecule has 1 aliphatic heterocycles. The Morgan fingerprint density at radius 2 is 1.83 bits per heavy atom. The number of hydrogen-bond donors (Lipinski definition) is 2. The molecule has 2 amide bonds. The molecule has 162 valence electrons. The number of halogens is 3. The number of nitrogens with zero attached hydrogens (tertiary/aromatic N) is 1. The average molecular weight is 435 g/mol. The van der Waals surface area contributed by atoms with Gasteiger partial charge in [-0.3, -0.25) is 9.59 Å². The van der Waals surface area contributed by atoms with Gasteiger partial charge in [-0.1, -0.05) is 6.07 Å². The molecule has 0 radical (unpaired) electrons. The number of alkyl halides is 3. The third-order valence-electron chi connectivity index (χ3n) is 4.53. The normalized spacial score (nSPS) is 16.1. The van der Waals surface area contributed by atoms with Crippen LogP contribution in [0.1, 0.15) is 32.3 Å². The summed E-state index contributed by atoms with van der Waals surface area (Å²) in [5.74, 6) is -0.774. The molecule has 0 aliphatic carbocycles. The molecule has 1 saturated heterocycles. The van der Waals surface area contributed by atoms with Gasteiger partial charge in [0.2, 0.25) is 21.8 Å². The summed E-state index contributed by atoms with van der Waals surface area (Å²) in [5, 5.41) is 2.82. The van der Waals surface area contributed by atoms with Gasteiger partial charge in [0, 0.05) is 25.0 Å². The molecule has 7 nitrogen and oxygen atoms in total. The molecule has 2 N–H and O–H groups in total. The lowest BCUT2D eigenvalue weighted by atomic mass is 9.95. The van der Waals surface area contributed by atoms with Gasteiger partial charge in [0.25, 0.3) is 0 Å². The smallest absolute Gasteiger partial charge is 0.354 e. The second kappa shape index (κ2) is 9.12. The van der Waals surface area contributed by atoms with E-state index in [1.165, 1.54) is 4.90 Å². The highest BCUT2D eigenvalue weighted by Gasteiger charge is 2.32. The first-order valence-corrected chi connectivity index (χ1v) is 10.6. The largest absolute Gasteiger partial charge is 0.416 e. The summed E-state index contributed by atoms with van der Waals surface area (Å²) in [6, 6.07) is 3.33. The van der Waals surface area contributed by atoms with Crippen molar-refractivity contribution in [2.24, 2.45) is 5.92 Å². The van der Waals surface area contributed by atoms with Gasteiger partial charge in [0.05, 0.1) is 17.0 Å². The SMILES string of the molecule is CC(C)NC(=O)C1CCN(C(=O)CNS(=O)(=O)c2cccc(C(F)(F)F)c2)CC1. The Bertz CT molecular complexity index is 848. The minimum atomic E-state index is -4.67. The molecular weight excluding hydrogens is 411 g/mol. The van der Waals surface area contributed by atoms with E-state index in [4.69, 9.17) is 0 Å². The first-order valence-electron chi connectivity index (χ1n) is 9.15. The van der Waals surface area contributed by atoms with Crippen molar-refractivity contribution in [1.82, 2.24) is 14.9 Å². The predicted molar refractivity (Wildman–Crippen MR) is 99.2 cm³/mol. The molecule has 1 fully saturated rings. The lowest BCUT2D eigenvalue weighted by Crippen LogP contribution is -2.47. The van der Waals surface area contributed by atoms with Crippen LogP contribution in [-0.4, -0.2) is 50.8 Å². The van der Waals surface area contributed by atoms with Crippen LogP contribution in [0.2, 0.25) is 0 Å². The van der Waals surface area contributed by atoms with Crippen molar-refractivity contribution in [3.63, 3.8) is 0 Å². The van der Waals surface area contributed by atoms with Crippen LogP contribution in [0, 0.1) is 5.92 Å². The predicted octanol–water partition coefficient (Wildman–Crippen LogP) is 1.75. The van der Waals surface area contributed by atoms with E-state index < -0.39 is 39.1 Å². The summed E-state index contributed by atoms with van der Waals surface area (Å²) < 4.78 is 64.8.